The lowest BCUT2D eigenvalue weighted by Crippen LogP contribution is -2.23. The molecule has 0 aliphatic carbocycles. The molecule has 0 spiro atoms. The van der Waals surface area contributed by atoms with Crippen LogP contribution in [0.3, 0.4) is 0 Å². The lowest BCUT2D eigenvalue weighted by molar-refractivity contribution is 0.274. The van der Waals surface area contributed by atoms with Crippen LogP contribution in [0.15, 0.2) is 35.7 Å². The monoisotopic (exact) mass is 281 g/mol. The fourth-order valence-corrected chi connectivity index (χ4v) is 2.97. The summed E-state index contributed by atoms with van der Waals surface area (Å²) in [7, 11) is 1.95. The van der Waals surface area contributed by atoms with Crippen molar-refractivity contribution in [3.63, 3.8) is 0 Å². The Morgan fingerprint density at radius 3 is 2.83 bits per heavy atom. The minimum absolute atomic E-state index is 0.212. The highest BCUT2D eigenvalue weighted by Gasteiger charge is 2.13. The maximum absolute atomic E-state index is 5.93. The molecule has 1 heterocycles. The van der Waals surface area contributed by atoms with E-state index in [1.165, 1.54) is 10.4 Å². The molecule has 18 heavy (non-hydrogen) atoms. The molecule has 1 aromatic heterocycles. The van der Waals surface area contributed by atoms with Gasteiger partial charge < -0.3 is 10.1 Å². The lowest BCUT2D eigenvalue weighted by atomic mass is 10.2. The Bertz CT molecular complexity index is 512. The second kappa shape index (κ2) is 6.23. The highest BCUT2D eigenvalue weighted by atomic mass is 35.5. The highest BCUT2D eigenvalue weighted by molar-refractivity contribution is 7.10. The highest BCUT2D eigenvalue weighted by Crippen LogP contribution is 2.25. The first kappa shape index (κ1) is 13.4. The summed E-state index contributed by atoms with van der Waals surface area (Å²) >= 11 is 7.68. The van der Waals surface area contributed by atoms with Gasteiger partial charge in [-0.25, -0.2) is 0 Å². The summed E-state index contributed by atoms with van der Waals surface area (Å²) in [6.07, 6.45) is 0. The van der Waals surface area contributed by atoms with Gasteiger partial charge in [-0.2, -0.15) is 0 Å². The Balaban J connectivity index is 2.02. The van der Waals surface area contributed by atoms with E-state index in [9.17, 15) is 0 Å². The van der Waals surface area contributed by atoms with Crippen LogP contribution in [0.4, 0.5) is 0 Å². The maximum Gasteiger partial charge on any atom is 0.120 e. The van der Waals surface area contributed by atoms with Gasteiger partial charge in [0.1, 0.15) is 12.4 Å². The molecule has 1 aromatic carbocycles. The van der Waals surface area contributed by atoms with E-state index < -0.39 is 0 Å². The SMILES string of the molecule is CNC(COc1cccc(Cl)c1)c1sccc1C. The molecule has 0 fully saturated rings. The van der Waals surface area contributed by atoms with Crippen LogP contribution in [0.5, 0.6) is 5.75 Å². The van der Waals surface area contributed by atoms with E-state index in [0.29, 0.717) is 11.6 Å². The number of nitrogens with one attached hydrogen (secondary N) is 1. The Kier molecular flexibility index (Phi) is 4.64. The van der Waals surface area contributed by atoms with Gasteiger partial charge in [0, 0.05) is 9.90 Å². The van der Waals surface area contributed by atoms with Crippen molar-refractivity contribution in [3.8, 4) is 5.75 Å². The third kappa shape index (κ3) is 3.25. The van der Waals surface area contributed by atoms with Crippen LogP contribution in [0.25, 0.3) is 0 Å². The average molecular weight is 282 g/mol. The van der Waals surface area contributed by atoms with E-state index in [0.717, 1.165) is 5.75 Å². The zero-order valence-electron chi connectivity index (χ0n) is 10.4. The number of likely N-dealkylation sites (N-methyl/N-ethyl adjacent to an activating group) is 1. The summed E-state index contributed by atoms with van der Waals surface area (Å²) in [5.41, 5.74) is 1.30. The minimum atomic E-state index is 0.212. The number of rotatable bonds is 5. The van der Waals surface area contributed by atoms with Gasteiger partial charge in [-0.15, -0.1) is 11.3 Å². The molecule has 0 aliphatic rings. The molecule has 4 heteroatoms. The summed E-state index contributed by atoms with van der Waals surface area (Å²) in [5.74, 6) is 0.803. The summed E-state index contributed by atoms with van der Waals surface area (Å²) in [4.78, 5) is 1.32. The second-order valence-electron chi connectivity index (χ2n) is 4.08. The molecule has 0 bridgehead atoms. The molecule has 2 aromatic rings. The lowest BCUT2D eigenvalue weighted by Gasteiger charge is -2.17. The first-order valence-corrected chi connectivity index (χ1v) is 7.06. The van der Waals surface area contributed by atoms with E-state index in [1.54, 1.807) is 11.3 Å². The average Bonchev–Trinajstić information content (AvgIpc) is 2.77. The van der Waals surface area contributed by atoms with Crippen LogP contribution in [0.2, 0.25) is 5.02 Å². The number of benzene rings is 1. The number of halogens is 1. The molecular weight excluding hydrogens is 266 g/mol. The van der Waals surface area contributed by atoms with Crippen LogP contribution in [0, 0.1) is 6.92 Å². The second-order valence-corrected chi connectivity index (χ2v) is 5.46. The first-order chi connectivity index (χ1) is 8.70. The third-order valence-corrected chi connectivity index (χ3v) is 4.15. The minimum Gasteiger partial charge on any atom is -0.492 e. The number of thiophene rings is 1. The molecule has 1 unspecified atom stereocenters. The van der Waals surface area contributed by atoms with Crippen LogP contribution < -0.4 is 10.1 Å². The molecule has 96 valence electrons. The van der Waals surface area contributed by atoms with E-state index in [4.69, 9.17) is 16.3 Å². The Morgan fingerprint density at radius 2 is 2.22 bits per heavy atom. The number of aryl methyl sites for hydroxylation is 1. The number of hydrogen-bond donors (Lipinski definition) is 1. The molecule has 2 nitrogen and oxygen atoms in total. The summed E-state index contributed by atoms with van der Waals surface area (Å²) < 4.78 is 5.78. The van der Waals surface area contributed by atoms with Crippen LogP contribution >= 0.6 is 22.9 Å². The fraction of sp³-hybridized carbons (Fsp3) is 0.286. The molecule has 1 N–H and O–H groups in total. The van der Waals surface area contributed by atoms with Crippen LogP contribution in [-0.4, -0.2) is 13.7 Å². The molecule has 0 amide bonds. The maximum atomic E-state index is 5.93. The zero-order valence-corrected chi connectivity index (χ0v) is 12.0. The number of ether oxygens (including phenoxy) is 1. The predicted octanol–water partition coefficient (Wildman–Crippen LogP) is 4.05. The summed E-state index contributed by atoms with van der Waals surface area (Å²) in [5, 5.41) is 6.08. The molecule has 0 aliphatic heterocycles. The van der Waals surface area contributed by atoms with E-state index in [2.05, 4.69) is 23.7 Å². The van der Waals surface area contributed by atoms with Crippen LogP contribution in [-0.2, 0) is 0 Å². The Labute approximate surface area is 117 Å². The van der Waals surface area contributed by atoms with Crippen molar-refractivity contribution >= 4 is 22.9 Å². The normalized spacial score (nSPS) is 12.4. The predicted molar refractivity (Wildman–Crippen MR) is 77.8 cm³/mol. The number of hydrogen-bond acceptors (Lipinski definition) is 3. The quantitative estimate of drug-likeness (QED) is 0.893. The molecule has 2 rings (SSSR count). The third-order valence-electron chi connectivity index (χ3n) is 2.78. The molecule has 0 radical (unpaired) electrons. The van der Waals surface area contributed by atoms with Crippen molar-refractivity contribution in [1.29, 1.82) is 0 Å². The van der Waals surface area contributed by atoms with Crippen molar-refractivity contribution in [3.05, 3.63) is 51.2 Å². The Morgan fingerprint density at radius 1 is 1.39 bits per heavy atom. The van der Waals surface area contributed by atoms with E-state index >= 15 is 0 Å². The van der Waals surface area contributed by atoms with Gasteiger partial charge in [-0.1, -0.05) is 17.7 Å². The summed E-state index contributed by atoms with van der Waals surface area (Å²) in [6, 6.07) is 9.82. The van der Waals surface area contributed by atoms with Gasteiger partial charge in [0.25, 0.3) is 0 Å². The van der Waals surface area contributed by atoms with Crippen molar-refractivity contribution in [2.75, 3.05) is 13.7 Å². The van der Waals surface area contributed by atoms with Crippen molar-refractivity contribution in [1.82, 2.24) is 5.32 Å². The summed E-state index contributed by atoms with van der Waals surface area (Å²) in [6.45, 7) is 2.72. The first-order valence-electron chi connectivity index (χ1n) is 5.80. The van der Waals surface area contributed by atoms with Gasteiger partial charge in [0.2, 0.25) is 0 Å². The van der Waals surface area contributed by atoms with Crippen molar-refractivity contribution in [2.45, 2.75) is 13.0 Å². The van der Waals surface area contributed by atoms with Gasteiger partial charge in [0.15, 0.2) is 0 Å². The molecular formula is C14H16ClNOS. The Hall–Kier alpha value is -1.03. The molecule has 0 saturated carbocycles. The molecule has 1 atom stereocenters. The van der Waals surface area contributed by atoms with Gasteiger partial charge >= 0.3 is 0 Å². The topological polar surface area (TPSA) is 21.3 Å². The van der Waals surface area contributed by atoms with Gasteiger partial charge in [0.05, 0.1) is 6.04 Å². The van der Waals surface area contributed by atoms with E-state index in [1.807, 2.05) is 31.3 Å². The largest absolute Gasteiger partial charge is 0.492 e. The van der Waals surface area contributed by atoms with Gasteiger partial charge in [-0.05, 0) is 49.2 Å². The zero-order chi connectivity index (χ0) is 13.0. The fourth-order valence-electron chi connectivity index (χ4n) is 1.77. The van der Waals surface area contributed by atoms with Gasteiger partial charge in [-0.3, -0.25) is 0 Å². The molecule has 0 saturated heterocycles. The standard InChI is InChI=1S/C14H16ClNOS/c1-10-6-7-18-14(10)13(16-2)9-17-12-5-3-4-11(15)8-12/h3-8,13,16H,9H2,1-2H3. The van der Waals surface area contributed by atoms with Crippen molar-refractivity contribution < 1.29 is 4.74 Å². The van der Waals surface area contributed by atoms with Crippen LogP contribution in [0.1, 0.15) is 16.5 Å². The van der Waals surface area contributed by atoms with Crippen molar-refractivity contribution in [2.24, 2.45) is 0 Å². The smallest absolute Gasteiger partial charge is 0.120 e. The van der Waals surface area contributed by atoms with E-state index in [-0.39, 0.29) is 6.04 Å².